The van der Waals surface area contributed by atoms with Crippen LogP contribution in [0.1, 0.15) is 58.6 Å². The molecule has 19 heavy (non-hydrogen) atoms. The van der Waals surface area contributed by atoms with Gasteiger partial charge in [0.25, 0.3) is 0 Å². The van der Waals surface area contributed by atoms with Gasteiger partial charge in [-0.2, -0.15) is 0 Å². The largest absolute Gasteiger partial charge is 0.306 e. The summed E-state index contributed by atoms with van der Waals surface area (Å²) in [6.45, 7) is 9.14. The van der Waals surface area contributed by atoms with Gasteiger partial charge >= 0.3 is 0 Å². The molecule has 2 unspecified atom stereocenters. The van der Waals surface area contributed by atoms with Crippen molar-refractivity contribution < 1.29 is 4.39 Å². The Balaban J connectivity index is 2.15. The first-order valence-corrected chi connectivity index (χ1v) is 7.41. The van der Waals surface area contributed by atoms with Crippen LogP contribution in [0.2, 0.25) is 0 Å². The predicted molar refractivity (Wildman–Crippen MR) is 78.5 cm³/mol. The number of rotatable bonds is 4. The maximum Gasteiger partial charge on any atom is 0.123 e. The van der Waals surface area contributed by atoms with Crippen LogP contribution in [0.25, 0.3) is 0 Å². The summed E-state index contributed by atoms with van der Waals surface area (Å²) < 4.78 is 13.1. The first kappa shape index (κ1) is 14.5. The van der Waals surface area contributed by atoms with Crippen molar-refractivity contribution in [2.24, 2.45) is 11.3 Å². The minimum atomic E-state index is -0.160. The van der Waals surface area contributed by atoms with E-state index in [-0.39, 0.29) is 5.82 Å². The summed E-state index contributed by atoms with van der Waals surface area (Å²) in [7, 11) is 0. The smallest absolute Gasteiger partial charge is 0.123 e. The molecule has 106 valence electrons. The first-order valence-electron chi connectivity index (χ1n) is 7.41. The van der Waals surface area contributed by atoms with Gasteiger partial charge in [0.2, 0.25) is 0 Å². The normalized spacial score (nSPS) is 23.8. The molecular formula is C17H26FN. The zero-order valence-corrected chi connectivity index (χ0v) is 12.5. The van der Waals surface area contributed by atoms with E-state index in [0.29, 0.717) is 23.4 Å². The highest BCUT2D eigenvalue weighted by molar-refractivity contribution is 5.21. The van der Waals surface area contributed by atoms with Gasteiger partial charge in [-0.1, -0.05) is 46.2 Å². The molecule has 2 atom stereocenters. The van der Waals surface area contributed by atoms with Crippen LogP contribution >= 0.6 is 0 Å². The van der Waals surface area contributed by atoms with Crippen molar-refractivity contribution in [3.8, 4) is 0 Å². The molecule has 0 bridgehead atoms. The van der Waals surface area contributed by atoms with Gasteiger partial charge < -0.3 is 5.32 Å². The van der Waals surface area contributed by atoms with Gasteiger partial charge in [-0.15, -0.1) is 0 Å². The minimum Gasteiger partial charge on any atom is -0.306 e. The molecule has 2 heteroatoms. The minimum absolute atomic E-state index is 0.160. The van der Waals surface area contributed by atoms with E-state index in [2.05, 4.69) is 33.0 Å². The number of benzene rings is 1. The zero-order chi connectivity index (χ0) is 14.0. The second-order valence-electron chi connectivity index (χ2n) is 6.87. The molecule has 0 amide bonds. The molecule has 0 aliphatic heterocycles. The van der Waals surface area contributed by atoms with Crippen molar-refractivity contribution in [1.29, 1.82) is 0 Å². The average molecular weight is 263 g/mol. The number of hydrogen-bond acceptors (Lipinski definition) is 1. The average Bonchev–Trinajstić information content (AvgIpc) is 2.66. The van der Waals surface area contributed by atoms with Gasteiger partial charge in [-0.25, -0.2) is 4.39 Å². The van der Waals surface area contributed by atoms with Crippen LogP contribution in [-0.2, 0) is 0 Å². The van der Waals surface area contributed by atoms with Crippen LogP contribution in [-0.4, -0.2) is 6.04 Å². The van der Waals surface area contributed by atoms with E-state index in [4.69, 9.17) is 0 Å². The Hall–Kier alpha value is -0.890. The SMILES string of the molecule is CC(C)C(NC1CCCC1(C)C)c1ccc(F)cc1. The maximum atomic E-state index is 13.1. The van der Waals surface area contributed by atoms with Crippen LogP contribution in [0.4, 0.5) is 4.39 Å². The molecule has 0 radical (unpaired) electrons. The summed E-state index contributed by atoms with van der Waals surface area (Å²) in [5.41, 5.74) is 1.56. The molecular weight excluding hydrogens is 237 g/mol. The Bertz CT molecular complexity index is 408. The summed E-state index contributed by atoms with van der Waals surface area (Å²) in [6, 6.07) is 7.82. The quantitative estimate of drug-likeness (QED) is 0.831. The van der Waals surface area contributed by atoms with Gasteiger partial charge in [-0.3, -0.25) is 0 Å². The fourth-order valence-electron chi connectivity index (χ4n) is 3.20. The number of halogens is 1. The summed E-state index contributed by atoms with van der Waals surface area (Å²) >= 11 is 0. The maximum absolute atomic E-state index is 13.1. The highest BCUT2D eigenvalue weighted by Crippen LogP contribution is 2.39. The topological polar surface area (TPSA) is 12.0 Å². The summed E-state index contributed by atoms with van der Waals surface area (Å²) in [5, 5.41) is 3.82. The van der Waals surface area contributed by atoms with E-state index in [1.807, 2.05) is 12.1 Å². The van der Waals surface area contributed by atoms with E-state index in [1.165, 1.54) is 24.8 Å². The van der Waals surface area contributed by atoms with Gasteiger partial charge in [0, 0.05) is 12.1 Å². The Kier molecular flexibility index (Phi) is 4.29. The first-order chi connectivity index (χ1) is 8.90. The van der Waals surface area contributed by atoms with Crippen LogP contribution in [0, 0.1) is 17.2 Å². The lowest BCUT2D eigenvalue weighted by Gasteiger charge is -2.34. The van der Waals surface area contributed by atoms with Gasteiger partial charge in [0.05, 0.1) is 0 Å². The van der Waals surface area contributed by atoms with Crippen molar-refractivity contribution in [1.82, 2.24) is 5.32 Å². The van der Waals surface area contributed by atoms with Crippen molar-refractivity contribution >= 4 is 0 Å². The van der Waals surface area contributed by atoms with Crippen molar-refractivity contribution in [3.63, 3.8) is 0 Å². The molecule has 1 aliphatic carbocycles. The highest BCUT2D eigenvalue weighted by atomic mass is 19.1. The molecule has 0 aromatic heterocycles. The second-order valence-corrected chi connectivity index (χ2v) is 6.87. The summed E-state index contributed by atoms with van der Waals surface area (Å²) in [4.78, 5) is 0. The van der Waals surface area contributed by atoms with Gasteiger partial charge in [0.15, 0.2) is 0 Å². The van der Waals surface area contributed by atoms with Gasteiger partial charge in [-0.05, 0) is 41.9 Å². The molecule has 1 aromatic carbocycles. The predicted octanol–water partition coefficient (Wildman–Crippen LogP) is 4.69. The lowest BCUT2D eigenvalue weighted by molar-refractivity contribution is 0.240. The second kappa shape index (κ2) is 5.62. The Morgan fingerprint density at radius 3 is 2.32 bits per heavy atom. The molecule has 0 saturated heterocycles. The number of nitrogens with one attached hydrogen (secondary N) is 1. The highest BCUT2D eigenvalue weighted by Gasteiger charge is 2.36. The third-order valence-electron chi connectivity index (χ3n) is 4.53. The lowest BCUT2D eigenvalue weighted by atomic mass is 9.85. The summed E-state index contributed by atoms with van der Waals surface area (Å²) in [5.74, 6) is 0.342. The van der Waals surface area contributed by atoms with Crippen LogP contribution in [0.3, 0.4) is 0 Å². The Labute approximate surface area is 116 Å². The van der Waals surface area contributed by atoms with Crippen molar-refractivity contribution in [2.75, 3.05) is 0 Å². The van der Waals surface area contributed by atoms with Gasteiger partial charge in [0.1, 0.15) is 5.82 Å². The Morgan fingerprint density at radius 1 is 1.21 bits per heavy atom. The number of hydrogen-bond donors (Lipinski definition) is 1. The summed E-state index contributed by atoms with van der Waals surface area (Å²) in [6.07, 6.45) is 3.84. The molecule has 1 saturated carbocycles. The fourth-order valence-corrected chi connectivity index (χ4v) is 3.20. The standard InChI is InChI=1S/C17H26FN/c1-12(2)16(13-7-9-14(18)10-8-13)19-15-6-5-11-17(15,3)4/h7-10,12,15-16,19H,5-6,11H2,1-4H3. The molecule has 1 fully saturated rings. The van der Waals surface area contributed by atoms with E-state index in [0.717, 1.165) is 0 Å². The third kappa shape index (κ3) is 3.36. The molecule has 1 aromatic rings. The monoisotopic (exact) mass is 263 g/mol. The third-order valence-corrected chi connectivity index (χ3v) is 4.53. The van der Waals surface area contributed by atoms with Crippen LogP contribution in [0.5, 0.6) is 0 Å². The molecule has 2 rings (SSSR count). The lowest BCUT2D eigenvalue weighted by Crippen LogP contribution is -2.41. The molecule has 0 spiro atoms. The van der Waals surface area contributed by atoms with Crippen molar-refractivity contribution in [2.45, 2.75) is 59.0 Å². The van der Waals surface area contributed by atoms with E-state index >= 15 is 0 Å². The van der Waals surface area contributed by atoms with E-state index < -0.39 is 0 Å². The zero-order valence-electron chi connectivity index (χ0n) is 12.5. The Morgan fingerprint density at radius 2 is 1.84 bits per heavy atom. The van der Waals surface area contributed by atoms with E-state index in [1.54, 1.807) is 12.1 Å². The fraction of sp³-hybridized carbons (Fsp3) is 0.647. The van der Waals surface area contributed by atoms with Crippen molar-refractivity contribution in [3.05, 3.63) is 35.6 Å². The van der Waals surface area contributed by atoms with Crippen LogP contribution in [0.15, 0.2) is 24.3 Å². The molecule has 0 heterocycles. The molecule has 1 nitrogen and oxygen atoms in total. The molecule has 1 N–H and O–H groups in total. The van der Waals surface area contributed by atoms with E-state index in [9.17, 15) is 4.39 Å². The molecule has 1 aliphatic rings. The van der Waals surface area contributed by atoms with Crippen LogP contribution < -0.4 is 5.32 Å².